The van der Waals surface area contributed by atoms with Crippen molar-refractivity contribution in [2.24, 2.45) is 0 Å². The van der Waals surface area contributed by atoms with E-state index in [2.05, 4.69) is 0 Å². The second-order valence-corrected chi connectivity index (χ2v) is 9.17. The predicted octanol–water partition coefficient (Wildman–Crippen LogP) is 1.76. The molecule has 0 unspecified atom stereocenters. The summed E-state index contributed by atoms with van der Waals surface area (Å²) in [4.78, 5) is 0.123. The molecule has 0 heterocycles. The smallest absolute Gasteiger partial charge is 0.297 e. The standard InChI is InChI=1S/C24H41ClO11S/c25-6-7-28-8-9-29-10-11-30-12-13-31-14-15-32-16-17-33-18-19-34-20-21-35-22-23-36-37(26,27)24-4-2-1-3-5-24/h1-5H,6-23H2. The molecule has 0 fully saturated rings. The first kappa shape index (κ1) is 34.1. The quantitative estimate of drug-likeness (QED) is 0.0830. The molecular weight excluding hydrogens is 532 g/mol. The van der Waals surface area contributed by atoms with Crippen molar-refractivity contribution in [3.8, 4) is 0 Å². The number of halogens is 1. The summed E-state index contributed by atoms with van der Waals surface area (Å²) < 4.78 is 71.6. The molecule has 1 aromatic carbocycles. The van der Waals surface area contributed by atoms with E-state index in [4.69, 9.17) is 53.7 Å². The van der Waals surface area contributed by atoms with Crippen LogP contribution in [0, 0.1) is 0 Å². The Hall–Kier alpha value is -0.900. The van der Waals surface area contributed by atoms with E-state index >= 15 is 0 Å². The molecule has 0 N–H and O–H groups in total. The second kappa shape index (κ2) is 25.4. The van der Waals surface area contributed by atoms with Crippen molar-refractivity contribution in [2.75, 3.05) is 118 Å². The molecule has 0 amide bonds. The van der Waals surface area contributed by atoms with Gasteiger partial charge >= 0.3 is 0 Å². The summed E-state index contributed by atoms with van der Waals surface area (Å²) in [5, 5.41) is 0. The lowest BCUT2D eigenvalue weighted by molar-refractivity contribution is -0.0233. The Bertz CT molecular complexity index is 710. The molecule has 1 rings (SSSR count). The number of benzene rings is 1. The van der Waals surface area contributed by atoms with Gasteiger partial charge in [0.2, 0.25) is 0 Å². The van der Waals surface area contributed by atoms with E-state index in [0.717, 1.165) is 0 Å². The molecule has 0 aromatic heterocycles. The monoisotopic (exact) mass is 572 g/mol. The molecule has 37 heavy (non-hydrogen) atoms. The fourth-order valence-corrected chi connectivity index (χ4v) is 3.58. The summed E-state index contributed by atoms with van der Waals surface area (Å²) in [6, 6.07) is 7.98. The SMILES string of the molecule is O=S(=O)(OCCOCCOCCOCCOCCOCCOCCOCCOCCCl)c1ccccc1. The predicted molar refractivity (Wildman–Crippen MR) is 137 cm³/mol. The molecule has 1 aromatic rings. The molecule has 0 aliphatic carbocycles. The molecule has 0 spiro atoms. The molecule has 0 saturated heterocycles. The number of rotatable bonds is 28. The third-order valence-electron chi connectivity index (χ3n) is 4.32. The first-order valence-corrected chi connectivity index (χ1v) is 14.2. The van der Waals surface area contributed by atoms with E-state index in [1.165, 1.54) is 12.1 Å². The van der Waals surface area contributed by atoms with Crippen LogP contribution >= 0.6 is 11.6 Å². The van der Waals surface area contributed by atoms with Gasteiger partial charge < -0.3 is 37.9 Å². The van der Waals surface area contributed by atoms with Crippen molar-refractivity contribution in [1.82, 2.24) is 0 Å². The zero-order valence-corrected chi connectivity index (χ0v) is 23.0. The highest BCUT2D eigenvalue weighted by Crippen LogP contribution is 2.10. The van der Waals surface area contributed by atoms with Gasteiger partial charge in [-0.2, -0.15) is 8.42 Å². The van der Waals surface area contributed by atoms with Crippen molar-refractivity contribution in [3.63, 3.8) is 0 Å². The number of hydrogen-bond donors (Lipinski definition) is 0. The highest BCUT2D eigenvalue weighted by atomic mass is 35.5. The highest BCUT2D eigenvalue weighted by Gasteiger charge is 2.13. The molecule has 0 aliphatic rings. The van der Waals surface area contributed by atoms with Gasteiger partial charge in [-0.3, -0.25) is 4.18 Å². The average molecular weight is 573 g/mol. The maximum absolute atomic E-state index is 11.9. The van der Waals surface area contributed by atoms with E-state index in [1.54, 1.807) is 18.2 Å². The Morgan fingerprint density at radius 1 is 0.459 bits per heavy atom. The summed E-state index contributed by atoms with van der Waals surface area (Å²) in [6.45, 7) is 7.24. The Labute approximate surface area is 225 Å². The van der Waals surface area contributed by atoms with E-state index in [1.807, 2.05) is 0 Å². The van der Waals surface area contributed by atoms with Gasteiger partial charge in [-0.15, -0.1) is 11.6 Å². The van der Waals surface area contributed by atoms with Crippen LogP contribution in [0.1, 0.15) is 0 Å². The van der Waals surface area contributed by atoms with Crippen LogP contribution in [-0.4, -0.2) is 127 Å². The minimum Gasteiger partial charge on any atom is -0.378 e. The van der Waals surface area contributed by atoms with Crippen LogP contribution in [0.15, 0.2) is 35.2 Å². The van der Waals surface area contributed by atoms with Crippen molar-refractivity contribution in [2.45, 2.75) is 4.90 Å². The van der Waals surface area contributed by atoms with Gasteiger partial charge in [0.05, 0.1) is 117 Å². The summed E-state index contributed by atoms with van der Waals surface area (Å²) in [6.07, 6.45) is 0. The zero-order valence-electron chi connectivity index (χ0n) is 21.4. The molecule has 0 aliphatic heterocycles. The molecule has 216 valence electrons. The fourth-order valence-electron chi connectivity index (χ4n) is 2.55. The topological polar surface area (TPSA) is 117 Å². The van der Waals surface area contributed by atoms with Crippen LogP contribution < -0.4 is 0 Å². The maximum atomic E-state index is 11.9. The van der Waals surface area contributed by atoms with Gasteiger partial charge in [0.25, 0.3) is 10.1 Å². The Morgan fingerprint density at radius 3 is 1.08 bits per heavy atom. The summed E-state index contributed by atoms with van der Waals surface area (Å²) in [7, 11) is -3.75. The van der Waals surface area contributed by atoms with E-state index in [9.17, 15) is 8.42 Å². The van der Waals surface area contributed by atoms with Crippen LogP contribution in [0.3, 0.4) is 0 Å². The van der Waals surface area contributed by atoms with Crippen molar-refractivity contribution < 1.29 is 50.5 Å². The lowest BCUT2D eigenvalue weighted by atomic mass is 10.4. The van der Waals surface area contributed by atoms with E-state index < -0.39 is 10.1 Å². The third kappa shape index (κ3) is 21.7. The largest absolute Gasteiger partial charge is 0.378 e. The Kier molecular flexibility index (Phi) is 23.4. The molecule has 0 atom stereocenters. The van der Waals surface area contributed by atoms with E-state index in [0.29, 0.717) is 105 Å². The minimum absolute atomic E-state index is 0.0541. The van der Waals surface area contributed by atoms with Crippen molar-refractivity contribution in [1.29, 1.82) is 0 Å². The van der Waals surface area contributed by atoms with Crippen LogP contribution in [-0.2, 0) is 52.2 Å². The molecule has 13 heteroatoms. The zero-order chi connectivity index (χ0) is 26.7. The van der Waals surface area contributed by atoms with Gasteiger partial charge in [-0.1, -0.05) is 18.2 Å². The van der Waals surface area contributed by atoms with Crippen molar-refractivity contribution >= 4 is 21.7 Å². The lowest BCUT2D eigenvalue weighted by Crippen LogP contribution is -2.15. The summed E-state index contributed by atoms with van der Waals surface area (Å²) >= 11 is 5.49. The normalized spacial score (nSPS) is 11.8. The molecule has 0 radical (unpaired) electrons. The average Bonchev–Trinajstić information content (AvgIpc) is 2.91. The van der Waals surface area contributed by atoms with Crippen molar-refractivity contribution in [3.05, 3.63) is 30.3 Å². The summed E-state index contributed by atoms with van der Waals surface area (Å²) in [5.41, 5.74) is 0. The van der Waals surface area contributed by atoms with Crippen LogP contribution in [0.5, 0.6) is 0 Å². The van der Waals surface area contributed by atoms with Gasteiger partial charge in [-0.25, -0.2) is 0 Å². The lowest BCUT2D eigenvalue weighted by Gasteiger charge is -2.09. The van der Waals surface area contributed by atoms with Gasteiger partial charge in [0.1, 0.15) is 0 Å². The molecule has 11 nitrogen and oxygen atoms in total. The third-order valence-corrected chi connectivity index (χ3v) is 5.80. The number of ether oxygens (including phenoxy) is 8. The first-order valence-electron chi connectivity index (χ1n) is 12.3. The van der Waals surface area contributed by atoms with Gasteiger partial charge in [0.15, 0.2) is 0 Å². The number of hydrogen-bond acceptors (Lipinski definition) is 11. The Balaban J connectivity index is 1.71. The van der Waals surface area contributed by atoms with Crippen LogP contribution in [0.2, 0.25) is 0 Å². The minimum atomic E-state index is -3.75. The highest BCUT2D eigenvalue weighted by molar-refractivity contribution is 7.86. The van der Waals surface area contributed by atoms with Gasteiger partial charge in [0, 0.05) is 5.88 Å². The van der Waals surface area contributed by atoms with Gasteiger partial charge in [-0.05, 0) is 12.1 Å². The number of alkyl halides is 1. The molecule has 0 saturated carbocycles. The fraction of sp³-hybridized carbons (Fsp3) is 0.750. The Morgan fingerprint density at radius 2 is 0.757 bits per heavy atom. The van der Waals surface area contributed by atoms with Crippen LogP contribution in [0.4, 0.5) is 0 Å². The maximum Gasteiger partial charge on any atom is 0.297 e. The first-order chi connectivity index (χ1) is 18.2. The molecule has 0 bridgehead atoms. The van der Waals surface area contributed by atoms with E-state index in [-0.39, 0.29) is 18.1 Å². The molecular formula is C24H41ClO11S. The second-order valence-electron chi connectivity index (χ2n) is 7.18. The van der Waals surface area contributed by atoms with Crippen LogP contribution in [0.25, 0.3) is 0 Å². The summed E-state index contributed by atoms with van der Waals surface area (Å²) in [5.74, 6) is 0.490.